The number of aromatic nitrogens is 1. The van der Waals surface area contributed by atoms with Gasteiger partial charge in [0.25, 0.3) is 0 Å². The van der Waals surface area contributed by atoms with Crippen molar-refractivity contribution in [3.63, 3.8) is 0 Å². The van der Waals surface area contributed by atoms with Crippen molar-refractivity contribution in [2.75, 3.05) is 18.0 Å². The molecular formula is C13H20N2O2. The van der Waals surface area contributed by atoms with Gasteiger partial charge < -0.3 is 15.1 Å². The Morgan fingerprint density at radius 3 is 2.82 bits per heavy atom. The van der Waals surface area contributed by atoms with Crippen molar-refractivity contribution >= 4 is 5.82 Å². The van der Waals surface area contributed by atoms with E-state index >= 15 is 0 Å². The Bertz CT molecular complexity index is 393. The van der Waals surface area contributed by atoms with Crippen molar-refractivity contribution in [2.45, 2.75) is 33.0 Å². The minimum atomic E-state index is -0.252. The van der Waals surface area contributed by atoms with Gasteiger partial charge in [0.15, 0.2) is 0 Å². The second-order valence-corrected chi connectivity index (χ2v) is 4.81. The molecule has 4 nitrogen and oxygen atoms in total. The fourth-order valence-corrected chi connectivity index (χ4v) is 2.31. The summed E-state index contributed by atoms with van der Waals surface area (Å²) < 4.78 is 0. The minimum Gasteiger partial charge on any atom is -0.393 e. The van der Waals surface area contributed by atoms with Gasteiger partial charge in [-0.15, -0.1) is 0 Å². The average Bonchev–Trinajstić information content (AvgIpc) is 2.78. The highest BCUT2D eigenvalue weighted by atomic mass is 16.3. The Labute approximate surface area is 102 Å². The third kappa shape index (κ3) is 2.58. The zero-order valence-electron chi connectivity index (χ0n) is 10.4. The van der Waals surface area contributed by atoms with E-state index in [0.29, 0.717) is 5.92 Å². The number of hydrogen-bond acceptors (Lipinski definition) is 4. The predicted octanol–water partition coefficient (Wildman–Crippen LogP) is 1.09. The molecular weight excluding hydrogens is 216 g/mol. The van der Waals surface area contributed by atoms with Crippen LogP contribution in [0, 0.1) is 12.8 Å². The number of nitrogens with zero attached hydrogens (tertiary/aromatic N) is 2. The number of aliphatic hydroxyl groups is 2. The lowest BCUT2D eigenvalue weighted by atomic mass is 10.0. The Morgan fingerprint density at radius 2 is 2.29 bits per heavy atom. The summed E-state index contributed by atoms with van der Waals surface area (Å²) in [7, 11) is 0. The molecule has 17 heavy (non-hydrogen) atoms. The van der Waals surface area contributed by atoms with Gasteiger partial charge >= 0.3 is 0 Å². The van der Waals surface area contributed by atoms with E-state index in [9.17, 15) is 5.11 Å². The topological polar surface area (TPSA) is 56.6 Å². The summed E-state index contributed by atoms with van der Waals surface area (Å²) in [6, 6.07) is 3.87. The monoisotopic (exact) mass is 236 g/mol. The predicted molar refractivity (Wildman–Crippen MR) is 66.9 cm³/mol. The zero-order valence-corrected chi connectivity index (χ0v) is 10.4. The average molecular weight is 236 g/mol. The van der Waals surface area contributed by atoms with E-state index in [1.165, 1.54) is 0 Å². The van der Waals surface area contributed by atoms with Crippen LogP contribution in [0.4, 0.5) is 5.82 Å². The van der Waals surface area contributed by atoms with Crippen molar-refractivity contribution in [1.82, 2.24) is 4.98 Å². The van der Waals surface area contributed by atoms with E-state index in [1.807, 2.05) is 26.0 Å². The molecule has 2 unspecified atom stereocenters. The van der Waals surface area contributed by atoms with E-state index in [4.69, 9.17) is 5.11 Å². The molecule has 0 saturated carbocycles. The summed E-state index contributed by atoms with van der Waals surface area (Å²) in [5.41, 5.74) is 1.76. The highest BCUT2D eigenvalue weighted by Gasteiger charge is 2.26. The number of rotatable bonds is 3. The molecule has 1 aromatic heterocycles. The normalized spacial score (nSPS) is 21.9. The molecule has 1 aliphatic heterocycles. The molecule has 2 heterocycles. The van der Waals surface area contributed by atoms with E-state index < -0.39 is 0 Å². The summed E-state index contributed by atoms with van der Waals surface area (Å²) in [4.78, 5) is 6.70. The van der Waals surface area contributed by atoms with Gasteiger partial charge in [0.1, 0.15) is 5.82 Å². The summed E-state index contributed by atoms with van der Waals surface area (Å²) in [6.07, 6.45) is 0.762. The summed E-state index contributed by atoms with van der Waals surface area (Å²) in [5, 5.41) is 18.7. The van der Waals surface area contributed by atoms with Crippen molar-refractivity contribution < 1.29 is 10.2 Å². The second-order valence-electron chi connectivity index (χ2n) is 4.81. The summed E-state index contributed by atoms with van der Waals surface area (Å²) in [6.45, 7) is 5.61. The third-order valence-electron chi connectivity index (χ3n) is 3.58. The Morgan fingerprint density at radius 1 is 1.53 bits per heavy atom. The zero-order chi connectivity index (χ0) is 12.4. The first-order valence-corrected chi connectivity index (χ1v) is 6.12. The fraction of sp³-hybridized carbons (Fsp3) is 0.615. The molecule has 0 aliphatic carbocycles. The first-order valence-electron chi connectivity index (χ1n) is 6.12. The molecule has 2 N–H and O–H groups in total. The fourth-order valence-electron chi connectivity index (χ4n) is 2.31. The molecule has 1 aromatic rings. The number of anilines is 1. The highest BCUT2D eigenvalue weighted by molar-refractivity contribution is 5.42. The Kier molecular flexibility index (Phi) is 3.64. The van der Waals surface area contributed by atoms with Crippen LogP contribution >= 0.6 is 0 Å². The van der Waals surface area contributed by atoms with Crippen LogP contribution in [0.1, 0.15) is 24.6 Å². The molecule has 0 aromatic carbocycles. The standard InChI is InChI=1S/C13H20N2O2/c1-9-12(8-16)3-4-13(14-9)15-6-5-11(7-15)10(2)17/h3-4,10-11,16-17H,5-8H2,1-2H3. The van der Waals surface area contributed by atoms with E-state index in [1.54, 1.807) is 0 Å². The van der Waals surface area contributed by atoms with Gasteiger partial charge in [-0.2, -0.15) is 0 Å². The number of pyridine rings is 1. The van der Waals surface area contributed by atoms with E-state index in [-0.39, 0.29) is 12.7 Å². The van der Waals surface area contributed by atoms with Crippen LogP contribution in [0.25, 0.3) is 0 Å². The molecule has 0 radical (unpaired) electrons. The summed E-state index contributed by atoms with van der Waals surface area (Å²) in [5.74, 6) is 1.29. The van der Waals surface area contributed by atoms with Gasteiger partial charge in [0.2, 0.25) is 0 Å². The summed E-state index contributed by atoms with van der Waals surface area (Å²) >= 11 is 0. The van der Waals surface area contributed by atoms with Crippen molar-refractivity contribution in [1.29, 1.82) is 0 Å². The molecule has 0 spiro atoms. The molecule has 1 aliphatic rings. The van der Waals surface area contributed by atoms with Crippen LogP contribution in [0.3, 0.4) is 0 Å². The minimum absolute atomic E-state index is 0.0371. The first-order chi connectivity index (χ1) is 8.11. The van der Waals surface area contributed by atoms with Crippen LogP contribution in [-0.2, 0) is 6.61 Å². The van der Waals surface area contributed by atoms with E-state index in [2.05, 4.69) is 9.88 Å². The Balaban J connectivity index is 2.11. The lowest BCUT2D eigenvalue weighted by Gasteiger charge is -2.19. The number of aliphatic hydroxyl groups excluding tert-OH is 2. The number of hydrogen-bond donors (Lipinski definition) is 2. The lowest BCUT2D eigenvalue weighted by Crippen LogP contribution is -2.24. The lowest BCUT2D eigenvalue weighted by molar-refractivity contribution is 0.136. The van der Waals surface area contributed by atoms with Crippen LogP contribution in [0.15, 0.2) is 12.1 Å². The smallest absolute Gasteiger partial charge is 0.128 e. The van der Waals surface area contributed by atoms with Crippen LogP contribution < -0.4 is 4.90 Å². The first kappa shape index (κ1) is 12.3. The van der Waals surface area contributed by atoms with Gasteiger partial charge in [-0.05, 0) is 31.9 Å². The highest BCUT2D eigenvalue weighted by Crippen LogP contribution is 2.25. The molecule has 1 saturated heterocycles. The quantitative estimate of drug-likeness (QED) is 0.825. The molecule has 1 fully saturated rings. The Hall–Kier alpha value is -1.13. The molecule has 0 amide bonds. The van der Waals surface area contributed by atoms with Gasteiger partial charge in [0, 0.05) is 24.7 Å². The third-order valence-corrected chi connectivity index (χ3v) is 3.58. The van der Waals surface area contributed by atoms with Gasteiger partial charge in [-0.25, -0.2) is 4.98 Å². The van der Waals surface area contributed by atoms with Crippen LogP contribution in [0.2, 0.25) is 0 Å². The van der Waals surface area contributed by atoms with Crippen molar-refractivity contribution in [3.05, 3.63) is 23.4 Å². The van der Waals surface area contributed by atoms with Crippen molar-refractivity contribution in [3.8, 4) is 0 Å². The number of aryl methyl sites for hydroxylation is 1. The molecule has 0 bridgehead atoms. The van der Waals surface area contributed by atoms with Crippen LogP contribution in [0.5, 0.6) is 0 Å². The maximum absolute atomic E-state index is 9.57. The maximum atomic E-state index is 9.57. The molecule has 2 atom stereocenters. The molecule has 2 rings (SSSR count). The van der Waals surface area contributed by atoms with Crippen molar-refractivity contribution in [2.24, 2.45) is 5.92 Å². The SMILES string of the molecule is Cc1nc(N2CCC(C(C)O)C2)ccc1CO. The molecule has 94 valence electrons. The van der Waals surface area contributed by atoms with E-state index in [0.717, 1.165) is 36.6 Å². The molecule has 4 heteroatoms. The largest absolute Gasteiger partial charge is 0.393 e. The maximum Gasteiger partial charge on any atom is 0.128 e. The van der Waals surface area contributed by atoms with Crippen LogP contribution in [-0.4, -0.2) is 34.4 Å². The second kappa shape index (κ2) is 5.02. The van der Waals surface area contributed by atoms with Gasteiger partial charge in [0.05, 0.1) is 12.7 Å². The van der Waals surface area contributed by atoms with Gasteiger partial charge in [-0.3, -0.25) is 0 Å². The van der Waals surface area contributed by atoms with Gasteiger partial charge in [-0.1, -0.05) is 6.07 Å².